The van der Waals surface area contributed by atoms with Crippen LogP contribution >= 0.6 is 0 Å². The number of nitrogens with zero attached hydrogens (tertiary/aromatic N) is 2. The molecular formula is C23H29F2N3. The van der Waals surface area contributed by atoms with Crippen LogP contribution in [-0.2, 0) is 11.3 Å². The van der Waals surface area contributed by atoms with Crippen LogP contribution in [0.2, 0.25) is 0 Å². The number of nitrogens with one attached hydrogen (secondary N) is 1. The summed E-state index contributed by atoms with van der Waals surface area (Å²) in [7, 11) is 0. The highest BCUT2D eigenvalue weighted by Gasteiger charge is 2.37. The van der Waals surface area contributed by atoms with Crippen LogP contribution in [0, 0.1) is 6.92 Å². The second-order valence-electron chi connectivity index (χ2n) is 8.13. The van der Waals surface area contributed by atoms with Gasteiger partial charge in [-0.25, -0.2) is 13.8 Å². The van der Waals surface area contributed by atoms with E-state index in [0.29, 0.717) is 5.82 Å². The van der Waals surface area contributed by atoms with Crippen LogP contribution < -0.4 is 5.32 Å². The van der Waals surface area contributed by atoms with Crippen molar-refractivity contribution in [2.75, 3.05) is 5.32 Å². The Bertz CT molecular complexity index is 878. The van der Waals surface area contributed by atoms with Crippen molar-refractivity contribution in [3.8, 4) is 0 Å². The van der Waals surface area contributed by atoms with Crippen molar-refractivity contribution in [1.82, 2.24) is 9.97 Å². The molecule has 28 heavy (non-hydrogen) atoms. The zero-order valence-electron chi connectivity index (χ0n) is 17.2. The van der Waals surface area contributed by atoms with Crippen molar-refractivity contribution < 1.29 is 8.78 Å². The number of aromatic nitrogens is 2. The maximum absolute atomic E-state index is 14.3. The monoisotopic (exact) mass is 385 g/mol. The molecule has 1 saturated carbocycles. The maximum atomic E-state index is 14.3. The highest BCUT2D eigenvalue weighted by atomic mass is 19.3. The van der Waals surface area contributed by atoms with Gasteiger partial charge < -0.3 is 5.32 Å². The van der Waals surface area contributed by atoms with Crippen LogP contribution in [0.15, 0.2) is 31.0 Å². The summed E-state index contributed by atoms with van der Waals surface area (Å²) in [6, 6.07) is 4.96. The van der Waals surface area contributed by atoms with Gasteiger partial charge >= 0.3 is 0 Å². The van der Waals surface area contributed by atoms with E-state index in [2.05, 4.69) is 23.8 Å². The molecule has 2 heterocycles. The van der Waals surface area contributed by atoms with Gasteiger partial charge in [-0.1, -0.05) is 26.3 Å². The minimum Gasteiger partial charge on any atom is -0.340 e. The van der Waals surface area contributed by atoms with Crippen LogP contribution in [-0.4, -0.2) is 9.97 Å². The topological polar surface area (TPSA) is 37.8 Å². The molecule has 2 aromatic heterocycles. The van der Waals surface area contributed by atoms with Crippen LogP contribution in [0.3, 0.4) is 0 Å². The van der Waals surface area contributed by atoms with E-state index in [-0.39, 0.29) is 11.0 Å². The second-order valence-corrected chi connectivity index (χ2v) is 8.13. The number of aryl methyl sites for hydroxylation is 1. The van der Waals surface area contributed by atoms with Gasteiger partial charge in [-0.3, -0.25) is 4.98 Å². The van der Waals surface area contributed by atoms with Crippen molar-refractivity contribution in [1.29, 1.82) is 0 Å². The van der Waals surface area contributed by atoms with Gasteiger partial charge in [0.05, 0.1) is 5.69 Å². The lowest BCUT2D eigenvalue weighted by atomic mass is 9.79. The lowest BCUT2D eigenvalue weighted by Crippen LogP contribution is -2.24. The molecule has 0 bridgehead atoms. The van der Waals surface area contributed by atoms with E-state index in [0.717, 1.165) is 67.2 Å². The molecule has 0 spiro atoms. The fraction of sp³-hybridized carbons (Fsp3) is 0.478. The van der Waals surface area contributed by atoms with Crippen LogP contribution in [0.5, 0.6) is 0 Å². The summed E-state index contributed by atoms with van der Waals surface area (Å²) in [6.45, 7) is 10.9. The molecule has 0 aromatic carbocycles. The van der Waals surface area contributed by atoms with Gasteiger partial charge in [0.15, 0.2) is 0 Å². The van der Waals surface area contributed by atoms with E-state index in [4.69, 9.17) is 4.98 Å². The number of alkyl halides is 2. The molecule has 150 valence electrons. The third-order valence-electron chi connectivity index (χ3n) is 5.88. The first-order chi connectivity index (χ1) is 13.1. The van der Waals surface area contributed by atoms with Crippen molar-refractivity contribution in [2.24, 2.45) is 0 Å². The van der Waals surface area contributed by atoms with Crippen LogP contribution in [0.25, 0.3) is 5.57 Å². The molecule has 1 aliphatic rings. The second kappa shape index (κ2) is 7.61. The van der Waals surface area contributed by atoms with Crippen molar-refractivity contribution >= 4 is 17.1 Å². The zero-order valence-corrected chi connectivity index (χ0v) is 17.2. The highest BCUT2D eigenvalue weighted by molar-refractivity contribution is 5.76. The Morgan fingerprint density at radius 1 is 1.25 bits per heavy atom. The normalized spacial score (nSPS) is 16.2. The summed E-state index contributed by atoms with van der Waals surface area (Å²) >= 11 is 0. The quantitative estimate of drug-likeness (QED) is 0.588. The summed E-state index contributed by atoms with van der Waals surface area (Å²) in [5, 5.41) is 3.27. The standard InChI is InChI=1S/C23H29F2N3/c1-6-23(9-7-8-10-23)20-12-17(22(5,24)25)13-21(28-20)27-19-11-16(4)26-14-18(19)15(2)3/h11-14H,2,6-10H2,1,3-5H3,(H,26,27,28). The van der Waals surface area contributed by atoms with Crippen LogP contribution in [0.1, 0.15) is 75.4 Å². The predicted octanol–water partition coefficient (Wildman–Crippen LogP) is 6.90. The third kappa shape index (κ3) is 4.08. The minimum absolute atomic E-state index is 0.00220. The van der Waals surface area contributed by atoms with E-state index < -0.39 is 5.92 Å². The molecule has 1 N–H and O–H groups in total. The van der Waals surface area contributed by atoms with Gasteiger partial charge in [-0.15, -0.1) is 0 Å². The first-order valence-corrected chi connectivity index (χ1v) is 9.95. The van der Waals surface area contributed by atoms with Crippen molar-refractivity contribution in [2.45, 2.75) is 71.1 Å². The summed E-state index contributed by atoms with van der Waals surface area (Å²) in [5.41, 5.74) is 4.00. The van der Waals surface area contributed by atoms with Gasteiger partial charge in [-0.05, 0) is 56.9 Å². The lowest BCUT2D eigenvalue weighted by molar-refractivity contribution is 0.0172. The maximum Gasteiger partial charge on any atom is 0.270 e. The summed E-state index contributed by atoms with van der Waals surface area (Å²) < 4.78 is 28.5. The summed E-state index contributed by atoms with van der Waals surface area (Å²) in [5.74, 6) is -2.48. The number of hydrogen-bond donors (Lipinski definition) is 1. The molecular weight excluding hydrogens is 356 g/mol. The van der Waals surface area contributed by atoms with Gasteiger partial charge in [-0.2, -0.15) is 0 Å². The summed E-state index contributed by atoms with van der Waals surface area (Å²) in [6.07, 6.45) is 6.90. The van der Waals surface area contributed by atoms with Gasteiger partial charge in [0.2, 0.25) is 0 Å². The van der Waals surface area contributed by atoms with E-state index in [1.165, 1.54) is 6.07 Å². The average Bonchev–Trinajstić information content (AvgIpc) is 3.11. The highest BCUT2D eigenvalue weighted by Crippen LogP contribution is 2.44. The molecule has 0 aliphatic heterocycles. The Labute approximate surface area is 166 Å². The molecule has 0 atom stereocenters. The number of halogens is 2. The Morgan fingerprint density at radius 2 is 1.93 bits per heavy atom. The minimum atomic E-state index is -2.92. The Hall–Kier alpha value is -2.30. The fourth-order valence-corrected chi connectivity index (χ4v) is 4.10. The lowest BCUT2D eigenvalue weighted by Gasteiger charge is -2.29. The SMILES string of the molecule is C=C(C)c1cnc(C)cc1Nc1cc(C(C)(F)F)cc(C2(CC)CCCC2)n1. The Balaban J connectivity index is 2.10. The number of anilines is 2. The number of hydrogen-bond acceptors (Lipinski definition) is 3. The van der Waals surface area contributed by atoms with Crippen molar-refractivity contribution in [3.63, 3.8) is 0 Å². The van der Waals surface area contributed by atoms with Gasteiger partial charge in [0.1, 0.15) is 5.82 Å². The average molecular weight is 386 g/mol. The number of pyridine rings is 2. The molecule has 0 radical (unpaired) electrons. The predicted molar refractivity (Wildman–Crippen MR) is 111 cm³/mol. The zero-order chi connectivity index (χ0) is 20.5. The fourth-order valence-electron chi connectivity index (χ4n) is 4.10. The molecule has 3 rings (SSSR count). The first kappa shape index (κ1) is 20.4. The van der Waals surface area contributed by atoms with E-state index in [1.807, 2.05) is 19.9 Å². The van der Waals surface area contributed by atoms with E-state index in [1.54, 1.807) is 12.3 Å². The Kier molecular flexibility index (Phi) is 5.55. The molecule has 0 saturated heterocycles. The molecule has 0 unspecified atom stereocenters. The van der Waals surface area contributed by atoms with Crippen molar-refractivity contribution in [3.05, 3.63) is 53.5 Å². The molecule has 5 heteroatoms. The van der Waals surface area contributed by atoms with Crippen LogP contribution in [0.4, 0.5) is 20.3 Å². The summed E-state index contributed by atoms with van der Waals surface area (Å²) in [4.78, 5) is 9.13. The van der Waals surface area contributed by atoms with E-state index in [9.17, 15) is 8.78 Å². The molecule has 3 nitrogen and oxygen atoms in total. The first-order valence-electron chi connectivity index (χ1n) is 9.95. The van der Waals surface area contributed by atoms with E-state index >= 15 is 0 Å². The molecule has 0 amide bonds. The van der Waals surface area contributed by atoms with Gasteiger partial charge in [0.25, 0.3) is 5.92 Å². The third-order valence-corrected chi connectivity index (χ3v) is 5.88. The Morgan fingerprint density at radius 3 is 2.50 bits per heavy atom. The molecule has 1 fully saturated rings. The number of rotatable bonds is 6. The van der Waals surface area contributed by atoms with Gasteiger partial charge in [0, 0.05) is 41.1 Å². The molecule has 2 aromatic rings. The molecule has 1 aliphatic carbocycles. The smallest absolute Gasteiger partial charge is 0.270 e. The number of allylic oxidation sites excluding steroid dienone is 1. The largest absolute Gasteiger partial charge is 0.340 e.